The molecule has 0 saturated heterocycles. The molecule has 4 heteroatoms. The Morgan fingerprint density at radius 2 is 1.00 bits per heavy atom. The van der Waals surface area contributed by atoms with E-state index in [9.17, 15) is 0 Å². The first-order chi connectivity index (χ1) is 0. The summed E-state index contributed by atoms with van der Waals surface area (Å²) in [4.78, 5) is 0. The van der Waals surface area contributed by atoms with Gasteiger partial charge in [-0.15, -0.1) is 0 Å². The van der Waals surface area contributed by atoms with Crippen LogP contribution in [-0.2, 0) is 66.7 Å². The van der Waals surface area contributed by atoms with Crippen LogP contribution in [-0.4, -0.2) is 27.3 Å². The average Bonchev–Trinajstić information content (AvgIpc) is 0. The normalized spacial score (nSPS) is 0. The van der Waals surface area contributed by atoms with E-state index in [1.807, 2.05) is 0 Å². The molecular formula is H2AuCdCuPb. The van der Waals surface area contributed by atoms with Gasteiger partial charge >= 0.3 is 27.3 Å². The molecule has 0 heterocycles. The first-order valence-electron chi connectivity index (χ1n) is 0. The Balaban J connectivity index is 0. The van der Waals surface area contributed by atoms with Gasteiger partial charge in [-0.3, -0.25) is 0 Å². The third-order valence-corrected chi connectivity index (χ3v) is 0. The van der Waals surface area contributed by atoms with E-state index in [0.29, 0.717) is 0 Å². The molecule has 4 heavy (non-hydrogen) atoms. The van der Waals surface area contributed by atoms with Crippen molar-refractivity contribution in [3.8, 4) is 0 Å². The van der Waals surface area contributed by atoms with Crippen molar-refractivity contribution in [1.29, 1.82) is 0 Å². The van der Waals surface area contributed by atoms with Crippen molar-refractivity contribution in [2.75, 3.05) is 0 Å². The number of hydrogen-bond acceptors (Lipinski definition) is 0. The summed E-state index contributed by atoms with van der Waals surface area (Å²) in [5.74, 6) is 0. The second-order valence-electron chi connectivity index (χ2n) is 0. The number of hydrogen-bond donors (Lipinski definition) is 0. The fourth-order valence-corrected chi connectivity index (χ4v) is 0. The summed E-state index contributed by atoms with van der Waals surface area (Å²) in [6.45, 7) is 0. The molecule has 0 fully saturated rings. The first kappa shape index (κ1) is 27.5. The SMILES string of the molecule is [Au].[Cd].[Cu].[PbH2]. The van der Waals surface area contributed by atoms with Crippen LogP contribution in [0.3, 0.4) is 0 Å². The van der Waals surface area contributed by atoms with Gasteiger partial charge in [0.15, 0.2) is 0 Å². The van der Waals surface area contributed by atoms with Crippen LogP contribution in [0.15, 0.2) is 0 Å². The standard InChI is InChI=1S/Au.Cd.Cu.Pb.2H. The summed E-state index contributed by atoms with van der Waals surface area (Å²) < 4.78 is 0. The minimum absolute atomic E-state index is 0. The Bertz CT molecular complexity index is 8.00. The van der Waals surface area contributed by atoms with Crippen LogP contribution < -0.4 is 0 Å². The molecule has 0 bridgehead atoms. The molecule has 0 aromatic carbocycles. The van der Waals surface area contributed by atoms with Crippen LogP contribution >= 0.6 is 0 Å². The van der Waals surface area contributed by atoms with Gasteiger partial charge in [-0.1, -0.05) is 0 Å². The average molecular weight is 582 g/mol. The second-order valence-corrected chi connectivity index (χ2v) is 0. The number of rotatable bonds is 0. The third-order valence-electron chi connectivity index (χ3n) is 0. The molecule has 0 unspecified atom stereocenters. The molecule has 0 atom stereocenters. The van der Waals surface area contributed by atoms with E-state index in [2.05, 4.69) is 0 Å². The summed E-state index contributed by atoms with van der Waals surface area (Å²) in [5.41, 5.74) is 0. The Kier molecular flexibility index (Phi) is 113. The van der Waals surface area contributed by atoms with Crippen molar-refractivity contribution in [3.63, 3.8) is 0 Å². The van der Waals surface area contributed by atoms with Gasteiger partial charge in [0.2, 0.25) is 0 Å². The van der Waals surface area contributed by atoms with Crippen LogP contribution in [0.4, 0.5) is 0 Å². The fraction of sp³-hybridized carbons (Fsp3) is 0. The van der Waals surface area contributed by atoms with Gasteiger partial charge in [-0.25, -0.2) is 0 Å². The van der Waals surface area contributed by atoms with Crippen molar-refractivity contribution in [3.05, 3.63) is 0 Å². The van der Waals surface area contributed by atoms with Gasteiger partial charge in [0.05, 0.1) is 0 Å². The van der Waals surface area contributed by atoms with Crippen molar-refractivity contribution < 1.29 is 66.7 Å². The van der Waals surface area contributed by atoms with E-state index in [0.717, 1.165) is 0 Å². The van der Waals surface area contributed by atoms with E-state index in [1.165, 1.54) is 0 Å². The van der Waals surface area contributed by atoms with E-state index in [1.54, 1.807) is 0 Å². The molecule has 0 aliphatic carbocycles. The van der Waals surface area contributed by atoms with Gasteiger partial charge in [0.1, 0.15) is 0 Å². The predicted molar refractivity (Wildman–Crippen MR) is 8.54 cm³/mol. The van der Waals surface area contributed by atoms with Crippen molar-refractivity contribution in [1.82, 2.24) is 0 Å². The van der Waals surface area contributed by atoms with Gasteiger partial charge < -0.3 is 0 Å². The third kappa shape index (κ3) is 8.92. The molecule has 0 rings (SSSR count). The second kappa shape index (κ2) is 16.5. The van der Waals surface area contributed by atoms with E-state index in [-0.39, 0.29) is 94.0 Å². The predicted octanol–water partition coefficient (Wildman–Crippen LogP) is -0.924. The molecule has 4 radical (unpaired) electrons. The Hall–Kier alpha value is 3.10. The topological polar surface area (TPSA) is 0 Å². The zero-order chi connectivity index (χ0) is 0. The summed E-state index contributed by atoms with van der Waals surface area (Å²) in [7, 11) is 0. The fourth-order valence-electron chi connectivity index (χ4n) is 0. The van der Waals surface area contributed by atoms with Crippen LogP contribution in [0, 0.1) is 0 Å². The minimum atomic E-state index is 0. The molecule has 0 aromatic rings. The van der Waals surface area contributed by atoms with Gasteiger partial charge in [0.25, 0.3) is 0 Å². The summed E-state index contributed by atoms with van der Waals surface area (Å²) in [6, 6.07) is 0. The zero-order valence-electron chi connectivity index (χ0n) is 2.02. The van der Waals surface area contributed by atoms with E-state index >= 15 is 0 Å². The van der Waals surface area contributed by atoms with E-state index in [4.69, 9.17) is 0 Å². The van der Waals surface area contributed by atoms with Crippen molar-refractivity contribution >= 4 is 27.3 Å². The van der Waals surface area contributed by atoms with Crippen LogP contribution in [0.25, 0.3) is 0 Å². The summed E-state index contributed by atoms with van der Waals surface area (Å²) in [6.07, 6.45) is 0. The molecule has 0 aliphatic rings. The summed E-state index contributed by atoms with van der Waals surface area (Å²) >= 11 is 0. The van der Waals surface area contributed by atoms with E-state index < -0.39 is 0 Å². The van der Waals surface area contributed by atoms with Gasteiger partial charge in [-0.05, 0) is 0 Å². The molecular weight excluding hydrogens is 580 g/mol. The molecule has 0 aliphatic heterocycles. The quantitative estimate of drug-likeness (QED) is 0.325. The molecule has 0 aromatic heterocycles. The monoisotopic (exact) mass is 584 g/mol. The molecule has 0 nitrogen and oxygen atoms in total. The van der Waals surface area contributed by atoms with Gasteiger partial charge in [-0.2, -0.15) is 0 Å². The first-order valence-corrected chi connectivity index (χ1v) is 0. The Labute approximate surface area is 92.2 Å². The van der Waals surface area contributed by atoms with Crippen LogP contribution in [0.1, 0.15) is 0 Å². The summed E-state index contributed by atoms with van der Waals surface area (Å²) in [5, 5.41) is 0. The maximum atomic E-state index is 0. The maximum absolute atomic E-state index is 0. The van der Waals surface area contributed by atoms with Crippen LogP contribution in [0.2, 0.25) is 0 Å². The Morgan fingerprint density at radius 1 is 1.00 bits per heavy atom. The van der Waals surface area contributed by atoms with Crippen molar-refractivity contribution in [2.45, 2.75) is 0 Å². The molecule has 0 spiro atoms. The molecule has 0 amide bonds. The van der Waals surface area contributed by atoms with Crippen LogP contribution in [0.5, 0.6) is 0 Å². The molecule has 0 saturated carbocycles. The molecule has 0 N–H and O–H groups in total. The molecule has 30 valence electrons. The Morgan fingerprint density at radius 3 is 1.00 bits per heavy atom. The zero-order valence-corrected chi connectivity index (χ0v) is 14.7. The van der Waals surface area contributed by atoms with Gasteiger partial charge in [0, 0.05) is 66.7 Å². The van der Waals surface area contributed by atoms with Crippen molar-refractivity contribution in [2.24, 2.45) is 0 Å².